The maximum absolute atomic E-state index is 12.6. The van der Waals surface area contributed by atoms with E-state index in [1.165, 1.54) is 32.1 Å². The van der Waals surface area contributed by atoms with Crippen LogP contribution in [0.15, 0.2) is 0 Å². The molecule has 0 spiro atoms. The molecule has 1 aliphatic heterocycles. The number of carbonyl (C=O) groups excluding carboxylic acids is 1. The van der Waals surface area contributed by atoms with Crippen molar-refractivity contribution in [1.29, 1.82) is 0 Å². The van der Waals surface area contributed by atoms with Crippen LogP contribution in [0.3, 0.4) is 0 Å². The van der Waals surface area contributed by atoms with Crippen LogP contribution in [0.4, 0.5) is 0 Å². The number of hydrogen-bond acceptors (Lipinski definition) is 2. The van der Waals surface area contributed by atoms with Gasteiger partial charge in [-0.05, 0) is 44.6 Å². The molecule has 3 atom stereocenters. The highest BCUT2D eigenvalue weighted by molar-refractivity contribution is 5.86. The molecule has 0 radical (unpaired) electrons. The molecule has 2 aliphatic rings. The predicted molar refractivity (Wildman–Crippen MR) is 74.4 cm³/mol. The zero-order valence-electron chi connectivity index (χ0n) is 11.9. The summed E-state index contributed by atoms with van der Waals surface area (Å²) in [6.07, 6.45) is 9.29. The van der Waals surface area contributed by atoms with Crippen molar-refractivity contribution in [2.45, 2.75) is 76.8 Å². The number of carbonyl (C=O) groups is 1. The van der Waals surface area contributed by atoms with E-state index in [-0.39, 0.29) is 11.4 Å². The standard InChI is InChI=1S/C15H28N2O/c1-3-12-8-5-6-9-13(12)17-14(18)15(4-2)10-7-11-16-15/h12-13,16H,3-11H2,1-2H3,(H,17,18). The molecule has 18 heavy (non-hydrogen) atoms. The van der Waals surface area contributed by atoms with E-state index in [1.54, 1.807) is 0 Å². The van der Waals surface area contributed by atoms with Crippen LogP contribution in [0, 0.1) is 5.92 Å². The van der Waals surface area contributed by atoms with Crippen molar-refractivity contribution in [1.82, 2.24) is 10.6 Å². The average molecular weight is 252 g/mol. The summed E-state index contributed by atoms with van der Waals surface area (Å²) >= 11 is 0. The molecule has 104 valence electrons. The fourth-order valence-corrected chi connectivity index (χ4v) is 3.66. The minimum atomic E-state index is -0.268. The molecule has 0 aromatic heterocycles. The van der Waals surface area contributed by atoms with Crippen LogP contribution >= 0.6 is 0 Å². The third-order valence-electron chi connectivity index (χ3n) is 5.03. The average Bonchev–Trinajstić information content (AvgIpc) is 2.89. The van der Waals surface area contributed by atoms with Gasteiger partial charge in [0.2, 0.25) is 5.91 Å². The van der Waals surface area contributed by atoms with Crippen molar-refractivity contribution in [3.63, 3.8) is 0 Å². The van der Waals surface area contributed by atoms with Crippen molar-refractivity contribution in [2.75, 3.05) is 6.54 Å². The Morgan fingerprint density at radius 2 is 2.06 bits per heavy atom. The molecule has 2 rings (SSSR count). The molecule has 3 nitrogen and oxygen atoms in total. The van der Waals surface area contributed by atoms with Gasteiger partial charge < -0.3 is 10.6 Å². The molecule has 2 N–H and O–H groups in total. The highest BCUT2D eigenvalue weighted by Gasteiger charge is 2.40. The Hall–Kier alpha value is -0.570. The topological polar surface area (TPSA) is 41.1 Å². The second kappa shape index (κ2) is 6.05. The summed E-state index contributed by atoms with van der Waals surface area (Å²) in [4.78, 5) is 12.6. The van der Waals surface area contributed by atoms with Crippen LogP contribution in [0.25, 0.3) is 0 Å². The molecular weight excluding hydrogens is 224 g/mol. The summed E-state index contributed by atoms with van der Waals surface area (Å²) in [5.74, 6) is 0.950. The Kier molecular flexibility index (Phi) is 4.66. The van der Waals surface area contributed by atoms with Crippen LogP contribution in [0.2, 0.25) is 0 Å². The first-order valence-electron chi connectivity index (χ1n) is 7.78. The van der Waals surface area contributed by atoms with Crippen LogP contribution in [-0.2, 0) is 4.79 Å². The molecular formula is C15H28N2O. The van der Waals surface area contributed by atoms with Crippen LogP contribution in [0.1, 0.15) is 65.2 Å². The number of amides is 1. The quantitative estimate of drug-likeness (QED) is 0.807. The van der Waals surface area contributed by atoms with E-state index in [2.05, 4.69) is 24.5 Å². The van der Waals surface area contributed by atoms with E-state index in [4.69, 9.17) is 0 Å². The maximum Gasteiger partial charge on any atom is 0.240 e. The van der Waals surface area contributed by atoms with Gasteiger partial charge in [-0.3, -0.25) is 4.79 Å². The van der Waals surface area contributed by atoms with Crippen LogP contribution in [0.5, 0.6) is 0 Å². The first-order valence-corrected chi connectivity index (χ1v) is 7.78. The largest absolute Gasteiger partial charge is 0.351 e. The number of hydrogen-bond donors (Lipinski definition) is 2. The number of rotatable bonds is 4. The lowest BCUT2D eigenvalue weighted by Crippen LogP contribution is -2.56. The number of nitrogens with one attached hydrogen (secondary N) is 2. The Morgan fingerprint density at radius 1 is 1.28 bits per heavy atom. The second-order valence-electron chi connectivity index (χ2n) is 6.00. The van der Waals surface area contributed by atoms with Gasteiger partial charge in [-0.2, -0.15) is 0 Å². The van der Waals surface area contributed by atoms with Gasteiger partial charge in [0.15, 0.2) is 0 Å². The summed E-state index contributed by atoms with van der Waals surface area (Å²) in [5, 5.41) is 6.78. The SMILES string of the molecule is CCC1CCCCC1NC(=O)C1(CC)CCCN1. The van der Waals surface area contributed by atoms with E-state index >= 15 is 0 Å². The van der Waals surface area contributed by atoms with Crippen molar-refractivity contribution < 1.29 is 4.79 Å². The summed E-state index contributed by atoms with van der Waals surface area (Å²) in [7, 11) is 0. The molecule has 1 saturated heterocycles. The van der Waals surface area contributed by atoms with Gasteiger partial charge in [-0.15, -0.1) is 0 Å². The molecule has 3 unspecified atom stereocenters. The highest BCUT2D eigenvalue weighted by atomic mass is 16.2. The van der Waals surface area contributed by atoms with Gasteiger partial charge in [-0.1, -0.05) is 33.1 Å². The lowest BCUT2D eigenvalue weighted by molar-refractivity contribution is -0.128. The molecule has 0 bridgehead atoms. The van der Waals surface area contributed by atoms with E-state index in [1.807, 2.05) is 0 Å². The summed E-state index contributed by atoms with van der Waals surface area (Å²) in [6, 6.07) is 0.419. The lowest BCUT2D eigenvalue weighted by atomic mass is 9.82. The molecule has 0 aromatic carbocycles. The van der Waals surface area contributed by atoms with E-state index in [9.17, 15) is 4.79 Å². The first-order chi connectivity index (χ1) is 8.72. The Bertz CT molecular complexity index is 284. The van der Waals surface area contributed by atoms with Crippen molar-refractivity contribution in [2.24, 2.45) is 5.92 Å². The second-order valence-corrected chi connectivity index (χ2v) is 6.00. The third-order valence-corrected chi connectivity index (χ3v) is 5.03. The summed E-state index contributed by atoms with van der Waals surface area (Å²) in [6.45, 7) is 5.36. The lowest BCUT2D eigenvalue weighted by Gasteiger charge is -2.35. The smallest absolute Gasteiger partial charge is 0.240 e. The third kappa shape index (κ3) is 2.71. The van der Waals surface area contributed by atoms with E-state index in [0.29, 0.717) is 12.0 Å². The van der Waals surface area contributed by atoms with Gasteiger partial charge in [-0.25, -0.2) is 0 Å². The molecule has 1 saturated carbocycles. The minimum absolute atomic E-state index is 0.257. The molecule has 1 aliphatic carbocycles. The molecule has 0 aromatic rings. The zero-order chi connectivity index (χ0) is 13.0. The summed E-state index contributed by atoms with van der Waals surface area (Å²) in [5.41, 5.74) is -0.268. The van der Waals surface area contributed by atoms with E-state index in [0.717, 1.165) is 25.8 Å². The zero-order valence-corrected chi connectivity index (χ0v) is 11.9. The van der Waals surface area contributed by atoms with Gasteiger partial charge in [0.25, 0.3) is 0 Å². The fourth-order valence-electron chi connectivity index (χ4n) is 3.66. The van der Waals surface area contributed by atoms with Crippen molar-refractivity contribution in [3.05, 3.63) is 0 Å². The van der Waals surface area contributed by atoms with Crippen molar-refractivity contribution >= 4 is 5.91 Å². The fraction of sp³-hybridized carbons (Fsp3) is 0.933. The van der Waals surface area contributed by atoms with Crippen LogP contribution in [-0.4, -0.2) is 24.0 Å². The van der Waals surface area contributed by atoms with Gasteiger partial charge in [0.1, 0.15) is 0 Å². The predicted octanol–water partition coefficient (Wildman–Crippen LogP) is 2.60. The first kappa shape index (κ1) is 13.9. The Morgan fingerprint density at radius 3 is 2.67 bits per heavy atom. The highest BCUT2D eigenvalue weighted by Crippen LogP contribution is 2.29. The monoisotopic (exact) mass is 252 g/mol. The van der Waals surface area contributed by atoms with E-state index < -0.39 is 0 Å². The van der Waals surface area contributed by atoms with Crippen LogP contribution < -0.4 is 10.6 Å². The van der Waals surface area contributed by atoms with Crippen molar-refractivity contribution in [3.8, 4) is 0 Å². The van der Waals surface area contributed by atoms with Gasteiger partial charge >= 0.3 is 0 Å². The molecule has 2 fully saturated rings. The molecule has 3 heteroatoms. The summed E-state index contributed by atoms with van der Waals surface area (Å²) < 4.78 is 0. The Labute approximate surface area is 111 Å². The van der Waals surface area contributed by atoms with Gasteiger partial charge in [0.05, 0.1) is 5.54 Å². The Balaban J connectivity index is 1.96. The van der Waals surface area contributed by atoms with Gasteiger partial charge in [0, 0.05) is 6.04 Å². The maximum atomic E-state index is 12.6. The minimum Gasteiger partial charge on any atom is -0.351 e. The molecule has 1 heterocycles. The molecule has 1 amide bonds. The normalized spacial score (nSPS) is 36.6.